The molecule has 21 heavy (non-hydrogen) atoms. The van der Waals surface area contributed by atoms with E-state index in [1.807, 2.05) is 7.11 Å². The van der Waals surface area contributed by atoms with Gasteiger partial charge in [0.15, 0.2) is 0 Å². The number of methoxy groups -OCH3 is 1. The second-order valence-electron chi connectivity index (χ2n) is 8.07. The Hall–Kier alpha value is -0.760. The largest absolute Gasteiger partial charge is 0.501 e. The van der Waals surface area contributed by atoms with Gasteiger partial charge in [0.25, 0.3) is 0 Å². The highest BCUT2D eigenvalue weighted by Gasteiger charge is 2.59. The third-order valence-electron chi connectivity index (χ3n) is 6.95. The molecule has 1 saturated heterocycles. The topological polar surface area (TPSA) is 12.5 Å². The van der Waals surface area contributed by atoms with Crippen LogP contribution in [0.2, 0.25) is 0 Å². The number of hydrogen-bond donors (Lipinski definition) is 0. The number of hydrogen-bond acceptors (Lipinski definition) is 2. The molecule has 3 aliphatic carbocycles. The molecule has 1 saturated carbocycles. The highest BCUT2D eigenvalue weighted by atomic mass is 16.5. The molecule has 6 unspecified atom stereocenters. The Morgan fingerprint density at radius 2 is 2.19 bits per heavy atom. The van der Waals surface area contributed by atoms with Crippen molar-refractivity contribution < 1.29 is 4.74 Å². The summed E-state index contributed by atoms with van der Waals surface area (Å²) in [5.74, 6) is 5.25. The van der Waals surface area contributed by atoms with Crippen LogP contribution in [0.4, 0.5) is 0 Å². The Morgan fingerprint density at radius 3 is 3.00 bits per heavy atom. The molecule has 6 atom stereocenters. The predicted molar refractivity (Wildman–Crippen MR) is 85.8 cm³/mol. The Balaban J connectivity index is 1.79. The van der Waals surface area contributed by atoms with Crippen LogP contribution in [0.1, 0.15) is 32.6 Å². The average molecular weight is 287 g/mol. The van der Waals surface area contributed by atoms with Crippen molar-refractivity contribution in [2.45, 2.75) is 32.6 Å². The number of allylic oxidation sites excluding steroid dienone is 4. The van der Waals surface area contributed by atoms with Gasteiger partial charge >= 0.3 is 0 Å². The summed E-state index contributed by atoms with van der Waals surface area (Å²) in [5.41, 5.74) is 0.463. The van der Waals surface area contributed by atoms with Crippen LogP contribution in [-0.4, -0.2) is 32.1 Å². The number of rotatable bonds is 1. The summed E-state index contributed by atoms with van der Waals surface area (Å²) >= 11 is 0. The van der Waals surface area contributed by atoms with Crippen molar-refractivity contribution in [3.63, 3.8) is 0 Å². The molecule has 1 spiro atoms. The summed E-state index contributed by atoms with van der Waals surface area (Å²) < 4.78 is 5.79. The lowest BCUT2D eigenvalue weighted by Crippen LogP contribution is -2.40. The van der Waals surface area contributed by atoms with E-state index in [0.717, 1.165) is 23.7 Å². The van der Waals surface area contributed by atoms with Gasteiger partial charge in [-0.3, -0.25) is 0 Å². The van der Waals surface area contributed by atoms with Crippen LogP contribution in [0, 0.1) is 35.0 Å². The van der Waals surface area contributed by atoms with Gasteiger partial charge in [0, 0.05) is 12.5 Å². The molecule has 0 radical (unpaired) electrons. The van der Waals surface area contributed by atoms with Crippen LogP contribution in [0.3, 0.4) is 0 Å². The van der Waals surface area contributed by atoms with Crippen molar-refractivity contribution in [3.8, 4) is 0 Å². The van der Waals surface area contributed by atoms with Crippen molar-refractivity contribution >= 4 is 0 Å². The minimum absolute atomic E-state index is 0.463. The molecule has 1 aliphatic heterocycles. The second-order valence-corrected chi connectivity index (χ2v) is 8.07. The summed E-state index contributed by atoms with van der Waals surface area (Å²) in [7, 11) is 4.19. The summed E-state index contributed by atoms with van der Waals surface area (Å²) in [6.45, 7) is 4.92. The minimum atomic E-state index is 0.463. The molecule has 0 aromatic carbocycles. The van der Waals surface area contributed by atoms with Gasteiger partial charge in [-0.2, -0.15) is 0 Å². The molecule has 0 aromatic rings. The zero-order chi connectivity index (χ0) is 14.6. The van der Waals surface area contributed by atoms with E-state index in [9.17, 15) is 0 Å². The van der Waals surface area contributed by atoms with E-state index in [1.165, 1.54) is 44.5 Å². The third kappa shape index (κ3) is 1.94. The van der Waals surface area contributed by atoms with E-state index in [4.69, 9.17) is 4.74 Å². The molecule has 0 bridgehead atoms. The lowest BCUT2D eigenvalue weighted by Gasteiger charge is -2.45. The fraction of sp³-hybridized carbons (Fsp3) is 0.789. The highest BCUT2D eigenvalue weighted by molar-refractivity contribution is 5.25. The van der Waals surface area contributed by atoms with Crippen LogP contribution >= 0.6 is 0 Å². The van der Waals surface area contributed by atoms with Crippen LogP contribution in [-0.2, 0) is 4.74 Å². The average Bonchev–Trinajstić information content (AvgIpc) is 2.72. The molecule has 0 N–H and O–H groups in total. The molecule has 4 aliphatic rings. The highest BCUT2D eigenvalue weighted by Crippen LogP contribution is 2.64. The SMILES string of the molecule is COC1=CCC2CN(C)CCC34C=CC(C)CC3CC1C24. The number of nitrogens with zero attached hydrogens (tertiary/aromatic N) is 1. The van der Waals surface area contributed by atoms with E-state index >= 15 is 0 Å². The maximum absolute atomic E-state index is 5.79. The van der Waals surface area contributed by atoms with Gasteiger partial charge in [0.1, 0.15) is 0 Å². The van der Waals surface area contributed by atoms with Crippen LogP contribution in [0.15, 0.2) is 24.0 Å². The summed E-state index contributed by atoms with van der Waals surface area (Å²) in [6, 6.07) is 0. The molecule has 2 nitrogen and oxygen atoms in total. The maximum atomic E-state index is 5.79. The first-order valence-corrected chi connectivity index (χ1v) is 8.76. The first kappa shape index (κ1) is 13.9. The van der Waals surface area contributed by atoms with E-state index in [1.54, 1.807) is 0 Å². The second kappa shape index (κ2) is 4.87. The van der Waals surface area contributed by atoms with Crippen molar-refractivity contribution in [1.82, 2.24) is 4.90 Å². The zero-order valence-electron chi connectivity index (χ0n) is 13.7. The lowest BCUT2D eigenvalue weighted by molar-refractivity contribution is 0.0900. The van der Waals surface area contributed by atoms with Crippen molar-refractivity contribution in [3.05, 3.63) is 24.0 Å². The standard InChI is InChI=1S/C19H29NO/c1-13-6-7-19-8-9-20(2)12-14-4-5-17(21-3)16(18(14)19)11-15(19)10-13/h5-7,13-16,18H,4,8-12H2,1-3H3. The Bertz CT molecular complexity index is 482. The van der Waals surface area contributed by atoms with Crippen molar-refractivity contribution in [2.75, 3.05) is 27.2 Å². The van der Waals surface area contributed by atoms with Crippen LogP contribution in [0.25, 0.3) is 0 Å². The molecule has 2 heteroatoms. The molecule has 0 amide bonds. The summed E-state index contributed by atoms with van der Waals surface area (Å²) in [6.07, 6.45) is 12.9. The van der Waals surface area contributed by atoms with Gasteiger partial charge in [-0.25, -0.2) is 0 Å². The first-order chi connectivity index (χ1) is 10.1. The number of ether oxygens (including phenoxy) is 1. The number of likely N-dealkylation sites (tertiary alicyclic amines) is 1. The zero-order valence-corrected chi connectivity index (χ0v) is 13.7. The Labute approximate surface area is 129 Å². The fourth-order valence-corrected chi connectivity index (χ4v) is 6.13. The van der Waals surface area contributed by atoms with E-state index in [-0.39, 0.29) is 0 Å². The van der Waals surface area contributed by atoms with Gasteiger partial charge in [-0.1, -0.05) is 19.1 Å². The van der Waals surface area contributed by atoms with Crippen LogP contribution < -0.4 is 0 Å². The molecule has 0 aromatic heterocycles. The normalized spacial score (nSPS) is 49.1. The van der Waals surface area contributed by atoms with E-state index in [2.05, 4.69) is 37.1 Å². The van der Waals surface area contributed by atoms with Gasteiger partial charge in [-0.05, 0) is 74.4 Å². The molecular weight excluding hydrogens is 258 g/mol. The lowest BCUT2D eigenvalue weighted by atomic mass is 9.59. The van der Waals surface area contributed by atoms with Gasteiger partial charge in [0.05, 0.1) is 12.9 Å². The van der Waals surface area contributed by atoms with Gasteiger partial charge in [0.2, 0.25) is 0 Å². The molecular formula is C19H29NO. The van der Waals surface area contributed by atoms with Crippen LogP contribution in [0.5, 0.6) is 0 Å². The maximum Gasteiger partial charge on any atom is 0.0949 e. The monoisotopic (exact) mass is 287 g/mol. The smallest absolute Gasteiger partial charge is 0.0949 e. The first-order valence-electron chi connectivity index (χ1n) is 8.76. The van der Waals surface area contributed by atoms with E-state index in [0.29, 0.717) is 11.3 Å². The third-order valence-corrected chi connectivity index (χ3v) is 6.95. The quantitative estimate of drug-likeness (QED) is 0.682. The fourth-order valence-electron chi connectivity index (χ4n) is 6.13. The molecule has 2 fully saturated rings. The molecule has 116 valence electrons. The molecule has 4 rings (SSSR count). The van der Waals surface area contributed by atoms with E-state index < -0.39 is 0 Å². The minimum Gasteiger partial charge on any atom is -0.501 e. The van der Waals surface area contributed by atoms with Crippen molar-refractivity contribution in [2.24, 2.45) is 35.0 Å². The summed E-state index contributed by atoms with van der Waals surface area (Å²) in [4.78, 5) is 2.57. The van der Waals surface area contributed by atoms with Gasteiger partial charge < -0.3 is 9.64 Å². The van der Waals surface area contributed by atoms with Gasteiger partial charge in [-0.15, -0.1) is 0 Å². The Kier molecular flexibility index (Phi) is 3.22. The predicted octanol–water partition coefficient (Wildman–Crippen LogP) is 3.71. The van der Waals surface area contributed by atoms with Crippen molar-refractivity contribution in [1.29, 1.82) is 0 Å². The molecule has 1 heterocycles. The summed E-state index contributed by atoms with van der Waals surface area (Å²) in [5, 5.41) is 0. The Morgan fingerprint density at radius 1 is 1.33 bits per heavy atom.